The van der Waals surface area contributed by atoms with E-state index >= 15 is 0 Å². The zero-order valence-electron chi connectivity index (χ0n) is 23.2. The van der Waals surface area contributed by atoms with Gasteiger partial charge in [0.25, 0.3) is 0 Å². The lowest BCUT2D eigenvalue weighted by molar-refractivity contribution is -0.134. The van der Waals surface area contributed by atoms with Gasteiger partial charge in [-0.15, -0.1) is 0 Å². The molecule has 0 saturated carbocycles. The Bertz CT molecular complexity index is 1380. The largest absolute Gasteiger partial charge is 0.490 e. The third-order valence-electron chi connectivity index (χ3n) is 5.97. The van der Waals surface area contributed by atoms with E-state index in [0.717, 1.165) is 15.4 Å². The maximum atomic E-state index is 12.9. The summed E-state index contributed by atoms with van der Waals surface area (Å²) < 4.78 is 38.3. The molecule has 0 bridgehead atoms. The number of nitrogens with zero attached hydrogens (tertiary/aromatic N) is 3. The van der Waals surface area contributed by atoms with Crippen LogP contribution in [0.1, 0.15) is 50.3 Å². The fourth-order valence-electron chi connectivity index (χ4n) is 4.24. The number of carbonyl (C=O) groups is 2. The van der Waals surface area contributed by atoms with Crippen LogP contribution in [-0.4, -0.2) is 67.6 Å². The molecule has 2 aromatic carbocycles. The highest BCUT2D eigenvalue weighted by atomic mass is 32.2. The summed E-state index contributed by atoms with van der Waals surface area (Å²) in [6.45, 7) is 8.23. The van der Waals surface area contributed by atoms with Crippen LogP contribution in [0.25, 0.3) is 6.08 Å². The number of piperidine rings is 1. The molecule has 214 valence electrons. The maximum Gasteiger partial charge on any atom is 0.410 e. The summed E-state index contributed by atoms with van der Waals surface area (Å²) in [5.41, 5.74) is 1.84. The van der Waals surface area contributed by atoms with Gasteiger partial charge in [-0.1, -0.05) is 18.2 Å². The molecule has 0 spiro atoms. The first-order valence-electron chi connectivity index (χ1n) is 12.9. The van der Waals surface area contributed by atoms with Crippen molar-refractivity contribution in [2.75, 3.05) is 29.7 Å². The topological polar surface area (TPSA) is 137 Å². The Balaban J connectivity index is 1.69. The van der Waals surface area contributed by atoms with Crippen LogP contribution in [0.3, 0.4) is 0 Å². The second-order valence-corrected chi connectivity index (χ2v) is 12.5. The van der Waals surface area contributed by atoms with Gasteiger partial charge in [0.2, 0.25) is 10.0 Å². The highest BCUT2D eigenvalue weighted by molar-refractivity contribution is 7.93. The Hall–Kier alpha value is -4.04. The number of anilines is 1. The summed E-state index contributed by atoms with van der Waals surface area (Å²) in [5, 5.41) is 18.4. The summed E-state index contributed by atoms with van der Waals surface area (Å²) >= 11 is 0. The molecule has 1 saturated heterocycles. The molecule has 1 aliphatic rings. The number of amides is 1. The number of nitriles is 1. The van der Waals surface area contributed by atoms with Gasteiger partial charge < -0.3 is 19.5 Å². The third kappa shape index (κ3) is 9.02. The van der Waals surface area contributed by atoms with E-state index in [9.17, 15) is 23.3 Å². The summed E-state index contributed by atoms with van der Waals surface area (Å²) in [7, 11) is -4.18. The summed E-state index contributed by atoms with van der Waals surface area (Å²) in [5.74, 6) is -1.98. The minimum Gasteiger partial charge on any atom is -0.490 e. The maximum absolute atomic E-state index is 12.9. The van der Waals surface area contributed by atoms with Gasteiger partial charge in [-0.2, -0.15) is 5.26 Å². The number of carboxylic acids is 1. The minimum absolute atomic E-state index is 0.102. The van der Waals surface area contributed by atoms with Crippen molar-refractivity contribution in [3.8, 4) is 11.8 Å². The van der Waals surface area contributed by atoms with Crippen LogP contribution >= 0.6 is 0 Å². The van der Waals surface area contributed by atoms with E-state index in [0.29, 0.717) is 42.9 Å². The number of carbonyl (C=O) groups excluding carboxylic acids is 1. The van der Waals surface area contributed by atoms with Crippen molar-refractivity contribution in [2.24, 2.45) is 0 Å². The Labute approximate surface area is 235 Å². The number of carboxylic acid groups (broad SMARTS) is 1. The molecule has 1 amide bonds. The fourth-order valence-corrected chi connectivity index (χ4v) is 5.46. The number of aryl methyl sites for hydroxylation is 1. The van der Waals surface area contributed by atoms with Crippen molar-refractivity contribution in [3.05, 3.63) is 65.2 Å². The monoisotopic (exact) mass is 569 g/mol. The minimum atomic E-state index is -4.18. The molecule has 0 atom stereocenters. The second-order valence-electron chi connectivity index (χ2n) is 10.6. The fraction of sp³-hybridized carbons (Fsp3) is 0.414. The molecule has 3 rings (SSSR count). The lowest BCUT2D eigenvalue weighted by Crippen LogP contribution is -2.44. The molecule has 0 unspecified atom stereocenters. The third-order valence-corrected chi connectivity index (χ3v) is 7.62. The van der Waals surface area contributed by atoms with Crippen LogP contribution < -0.4 is 9.04 Å². The van der Waals surface area contributed by atoms with Gasteiger partial charge in [-0.05, 0) is 75.2 Å². The number of benzene rings is 2. The molecular formula is C29H35N3O7S. The lowest BCUT2D eigenvalue weighted by Gasteiger charge is -2.33. The zero-order valence-corrected chi connectivity index (χ0v) is 24.0. The van der Waals surface area contributed by atoms with Crippen LogP contribution in [0.2, 0.25) is 0 Å². The zero-order chi connectivity index (χ0) is 29.5. The molecular weight excluding hydrogens is 534 g/mol. The highest BCUT2D eigenvalue weighted by Gasteiger charge is 2.28. The Morgan fingerprint density at radius 2 is 1.80 bits per heavy atom. The standard InChI is InChI=1S/C29H35N3O7S/c1-21-16-22(18-23(17-21)19-30)6-5-13-32(40(36,37)20-27(33)34)24-7-9-25(10-8-24)38-26-11-14-31(15-12-26)28(35)39-29(2,3)4/h5-10,16-18,26H,11-15,20H2,1-4H3,(H,33,34). The molecule has 1 fully saturated rings. The van der Waals surface area contributed by atoms with Crippen LogP contribution in [0, 0.1) is 18.3 Å². The van der Waals surface area contributed by atoms with E-state index in [1.165, 1.54) is 0 Å². The number of rotatable bonds is 9. The van der Waals surface area contributed by atoms with Crippen molar-refractivity contribution in [3.63, 3.8) is 0 Å². The molecule has 40 heavy (non-hydrogen) atoms. The van der Waals surface area contributed by atoms with E-state index in [4.69, 9.17) is 14.6 Å². The first-order chi connectivity index (χ1) is 18.8. The van der Waals surface area contributed by atoms with Gasteiger partial charge in [0, 0.05) is 25.9 Å². The van der Waals surface area contributed by atoms with Crippen LogP contribution in [0.5, 0.6) is 5.75 Å². The molecule has 10 nitrogen and oxygen atoms in total. The quantitative estimate of drug-likeness (QED) is 0.463. The second kappa shape index (κ2) is 12.9. The molecule has 2 aromatic rings. The molecule has 0 aliphatic carbocycles. The first-order valence-corrected chi connectivity index (χ1v) is 14.5. The average molecular weight is 570 g/mol. The SMILES string of the molecule is Cc1cc(C#N)cc(C=CCN(c2ccc(OC3CCN(C(=O)OC(C)(C)C)CC3)cc2)S(=O)(=O)CC(=O)O)c1. The molecule has 11 heteroatoms. The van der Waals surface area contributed by atoms with Crippen molar-refractivity contribution >= 4 is 33.8 Å². The van der Waals surface area contributed by atoms with Gasteiger partial charge >= 0.3 is 12.1 Å². The molecule has 1 heterocycles. The highest BCUT2D eigenvalue weighted by Crippen LogP contribution is 2.25. The Morgan fingerprint density at radius 3 is 2.38 bits per heavy atom. The number of ether oxygens (including phenoxy) is 2. The molecule has 0 radical (unpaired) electrons. The predicted octanol–water partition coefficient (Wildman–Crippen LogP) is 4.58. The lowest BCUT2D eigenvalue weighted by atomic mass is 10.1. The van der Waals surface area contributed by atoms with E-state index in [2.05, 4.69) is 6.07 Å². The van der Waals surface area contributed by atoms with Crippen LogP contribution in [-0.2, 0) is 19.6 Å². The van der Waals surface area contributed by atoms with E-state index in [-0.39, 0.29) is 18.7 Å². The molecule has 1 aliphatic heterocycles. The summed E-state index contributed by atoms with van der Waals surface area (Å²) in [6, 6.07) is 13.8. The van der Waals surface area contributed by atoms with Crippen LogP contribution in [0.4, 0.5) is 10.5 Å². The number of likely N-dealkylation sites (tertiary alicyclic amines) is 1. The van der Waals surface area contributed by atoms with E-state index < -0.39 is 27.3 Å². The molecule has 1 N–H and O–H groups in total. The summed E-state index contributed by atoms with van der Waals surface area (Å²) in [6.07, 6.45) is 4.08. The molecule has 0 aromatic heterocycles. The number of sulfonamides is 1. The van der Waals surface area contributed by atoms with Gasteiger partial charge in [-0.3, -0.25) is 9.10 Å². The Kier molecular flexibility index (Phi) is 9.82. The van der Waals surface area contributed by atoms with Gasteiger partial charge in [-0.25, -0.2) is 13.2 Å². The Morgan fingerprint density at radius 1 is 1.15 bits per heavy atom. The average Bonchev–Trinajstić information content (AvgIpc) is 2.85. The smallest absolute Gasteiger partial charge is 0.410 e. The van der Waals surface area contributed by atoms with Crippen molar-refractivity contribution in [1.29, 1.82) is 5.26 Å². The van der Waals surface area contributed by atoms with E-state index in [1.54, 1.807) is 53.5 Å². The van der Waals surface area contributed by atoms with Gasteiger partial charge in [0.05, 0.1) is 23.9 Å². The van der Waals surface area contributed by atoms with Crippen molar-refractivity contribution in [2.45, 2.75) is 52.2 Å². The van der Waals surface area contributed by atoms with Crippen molar-refractivity contribution in [1.82, 2.24) is 4.90 Å². The summed E-state index contributed by atoms with van der Waals surface area (Å²) in [4.78, 5) is 25.2. The van der Waals surface area contributed by atoms with E-state index in [1.807, 2.05) is 33.8 Å². The number of hydrogen-bond donors (Lipinski definition) is 1. The van der Waals surface area contributed by atoms with Crippen molar-refractivity contribution < 1.29 is 32.6 Å². The number of hydrogen-bond acceptors (Lipinski definition) is 7. The van der Waals surface area contributed by atoms with Crippen LogP contribution in [0.15, 0.2) is 48.5 Å². The normalized spacial score (nSPS) is 14.5. The predicted molar refractivity (Wildman–Crippen MR) is 152 cm³/mol. The van der Waals surface area contributed by atoms with Gasteiger partial charge in [0.15, 0.2) is 5.75 Å². The van der Waals surface area contributed by atoms with Gasteiger partial charge in [0.1, 0.15) is 17.5 Å². The number of aliphatic carboxylic acids is 1. The first kappa shape index (κ1) is 30.5.